The fourth-order valence-corrected chi connectivity index (χ4v) is 1.56. The van der Waals surface area contributed by atoms with Crippen LogP contribution in [0.3, 0.4) is 0 Å². The van der Waals surface area contributed by atoms with Crippen molar-refractivity contribution in [2.45, 2.75) is 13.8 Å². The third kappa shape index (κ3) is 1.58. The Morgan fingerprint density at radius 3 is 2.94 bits per heavy atom. The average Bonchev–Trinajstić information content (AvgIpc) is 2.53. The number of nitrogens with one attached hydrogen (secondary N) is 2. The monoisotopic (exact) mass is 221 g/mol. The van der Waals surface area contributed by atoms with Gasteiger partial charge < -0.3 is 14.7 Å². The molecule has 0 atom stereocenters. The first-order chi connectivity index (χ1) is 7.63. The number of esters is 1. The highest BCUT2D eigenvalue weighted by atomic mass is 16.5. The minimum atomic E-state index is -0.463. The van der Waals surface area contributed by atoms with Crippen LogP contribution in [0.25, 0.3) is 11.2 Å². The first-order valence-electron chi connectivity index (χ1n) is 4.88. The molecule has 84 valence electrons. The summed E-state index contributed by atoms with van der Waals surface area (Å²) in [6.07, 6.45) is 1.16. The second-order valence-electron chi connectivity index (χ2n) is 3.32. The van der Waals surface area contributed by atoms with E-state index in [1.807, 2.05) is 0 Å². The predicted octanol–water partition coefficient (Wildman–Crippen LogP) is 0.736. The van der Waals surface area contributed by atoms with Gasteiger partial charge in [-0.1, -0.05) is 0 Å². The molecule has 0 unspecified atom stereocenters. The Kier molecular flexibility index (Phi) is 2.47. The molecular formula is C10H11N3O3. The largest absolute Gasteiger partial charge is 0.462 e. The standard InChI is InChI=1S/C10H11N3O3/c1-3-16-10(15)7-5(2)12-9-8(7)13-6(14)4-11-9/h4H,3H2,1-2H3,(H,11,12)(H,13,14). The highest BCUT2D eigenvalue weighted by Gasteiger charge is 2.18. The van der Waals surface area contributed by atoms with Crippen LogP contribution >= 0.6 is 0 Å². The maximum absolute atomic E-state index is 11.7. The molecule has 0 radical (unpaired) electrons. The Labute approximate surface area is 90.7 Å². The molecule has 0 fully saturated rings. The Balaban J connectivity index is 2.67. The number of rotatable bonds is 2. The van der Waals surface area contributed by atoms with Crippen LogP contribution in [-0.4, -0.2) is 27.5 Å². The summed E-state index contributed by atoms with van der Waals surface area (Å²) in [6.45, 7) is 3.74. The molecule has 2 aromatic heterocycles. The van der Waals surface area contributed by atoms with Gasteiger partial charge in [-0.25, -0.2) is 9.78 Å². The van der Waals surface area contributed by atoms with Crippen molar-refractivity contribution in [3.8, 4) is 0 Å². The summed E-state index contributed by atoms with van der Waals surface area (Å²) in [4.78, 5) is 32.2. The smallest absolute Gasteiger partial charge is 0.342 e. The predicted molar refractivity (Wildman–Crippen MR) is 57.4 cm³/mol. The number of nitrogens with zero attached hydrogens (tertiary/aromatic N) is 1. The van der Waals surface area contributed by atoms with Crippen molar-refractivity contribution in [2.24, 2.45) is 0 Å². The molecule has 0 bridgehead atoms. The Morgan fingerprint density at radius 2 is 2.25 bits per heavy atom. The van der Waals surface area contributed by atoms with E-state index in [9.17, 15) is 9.59 Å². The lowest BCUT2D eigenvalue weighted by atomic mass is 10.2. The number of hydrogen-bond acceptors (Lipinski definition) is 4. The van der Waals surface area contributed by atoms with Gasteiger partial charge in [0.15, 0.2) is 5.65 Å². The number of ether oxygens (including phenoxy) is 1. The number of aromatic amines is 2. The third-order valence-corrected chi connectivity index (χ3v) is 2.21. The van der Waals surface area contributed by atoms with Crippen LogP contribution in [0.4, 0.5) is 0 Å². The van der Waals surface area contributed by atoms with E-state index < -0.39 is 5.97 Å². The zero-order valence-corrected chi connectivity index (χ0v) is 8.96. The summed E-state index contributed by atoms with van der Waals surface area (Å²) in [7, 11) is 0. The van der Waals surface area contributed by atoms with E-state index in [-0.39, 0.29) is 12.2 Å². The zero-order valence-electron chi connectivity index (χ0n) is 8.96. The van der Waals surface area contributed by atoms with Gasteiger partial charge in [0.2, 0.25) is 0 Å². The van der Waals surface area contributed by atoms with E-state index in [4.69, 9.17) is 4.74 Å². The minimum absolute atomic E-state index is 0.287. The van der Waals surface area contributed by atoms with Crippen molar-refractivity contribution in [2.75, 3.05) is 6.61 Å². The van der Waals surface area contributed by atoms with Gasteiger partial charge in [0.25, 0.3) is 5.56 Å². The summed E-state index contributed by atoms with van der Waals surface area (Å²) in [5.41, 5.74) is 1.48. The van der Waals surface area contributed by atoms with Crippen molar-refractivity contribution < 1.29 is 9.53 Å². The first-order valence-corrected chi connectivity index (χ1v) is 4.88. The molecule has 0 aliphatic carbocycles. The molecule has 6 nitrogen and oxygen atoms in total. The van der Waals surface area contributed by atoms with Gasteiger partial charge in [-0.3, -0.25) is 4.79 Å². The van der Waals surface area contributed by atoms with E-state index in [1.165, 1.54) is 0 Å². The summed E-state index contributed by atoms with van der Waals surface area (Å²) < 4.78 is 4.91. The average molecular weight is 221 g/mol. The number of carbonyl (C=O) groups is 1. The second-order valence-corrected chi connectivity index (χ2v) is 3.32. The number of hydrogen-bond donors (Lipinski definition) is 2. The first kappa shape index (κ1) is 10.4. The van der Waals surface area contributed by atoms with E-state index in [0.717, 1.165) is 6.20 Å². The lowest BCUT2D eigenvalue weighted by Crippen LogP contribution is -2.09. The number of fused-ring (bicyclic) bond motifs is 1. The van der Waals surface area contributed by atoms with E-state index in [1.54, 1.807) is 13.8 Å². The SMILES string of the molecule is CCOC(=O)c1c(C)[nH]c2ncc(=O)[nH]c12. The zero-order chi connectivity index (χ0) is 11.7. The molecule has 0 aromatic carbocycles. The fraction of sp³-hybridized carbons (Fsp3) is 0.300. The quantitative estimate of drug-likeness (QED) is 0.732. The molecule has 2 rings (SSSR count). The second kappa shape index (κ2) is 3.80. The van der Waals surface area contributed by atoms with E-state index in [2.05, 4.69) is 15.0 Å². The highest BCUT2D eigenvalue weighted by molar-refractivity contribution is 6.02. The van der Waals surface area contributed by atoms with Crippen LogP contribution in [0, 0.1) is 6.92 Å². The molecular weight excluding hydrogens is 210 g/mol. The summed E-state index contributed by atoms with van der Waals surface area (Å²) in [5.74, 6) is -0.463. The number of carbonyl (C=O) groups excluding carboxylic acids is 1. The topological polar surface area (TPSA) is 87.8 Å². The van der Waals surface area contributed by atoms with Gasteiger partial charge >= 0.3 is 5.97 Å². The molecule has 0 aliphatic rings. The number of aromatic nitrogens is 3. The van der Waals surface area contributed by atoms with Gasteiger partial charge in [-0.15, -0.1) is 0 Å². The van der Waals surface area contributed by atoms with Crippen LogP contribution in [0.2, 0.25) is 0 Å². The Hall–Kier alpha value is -2.11. The van der Waals surface area contributed by atoms with Gasteiger partial charge in [-0.05, 0) is 13.8 Å². The van der Waals surface area contributed by atoms with Crippen molar-refractivity contribution in [1.29, 1.82) is 0 Å². The lowest BCUT2D eigenvalue weighted by Gasteiger charge is -2.00. The Bertz CT molecular complexity index is 597. The molecule has 16 heavy (non-hydrogen) atoms. The molecule has 0 spiro atoms. The van der Waals surface area contributed by atoms with Crippen molar-refractivity contribution in [3.05, 3.63) is 27.8 Å². The van der Waals surface area contributed by atoms with Crippen molar-refractivity contribution in [1.82, 2.24) is 15.0 Å². The molecule has 2 aromatic rings. The molecule has 2 N–H and O–H groups in total. The number of H-pyrrole nitrogens is 2. The highest BCUT2D eigenvalue weighted by Crippen LogP contribution is 2.17. The molecule has 0 amide bonds. The number of aryl methyl sites for hydroxylation is 1. The summed E-state index contributed by atoms with van der Waals surface area (Å²) >= 11 is 0. The van der Waals surface area contributed by atoms with Crippen LogP contribution in [0.15, 0.2) is 11.0 Å². The molecule has 0 saturated heterocycles. The maximum Gasteiger partial charge on any atom is 0.342 e. The molecule has 6 heteroatoms. The summed E-state index contributed by atoms with van der Waals surface area (Å²) in [6, 6.07) is 0. The molecule has 2 heterocycles. The maximum atomic E-state index is 11.7. The van der Waals surface area contributed by atoms with Crippen LogP contribution < -0.4 is 5.56 Å². The van der Waals surface area contributed by atoms with Gasteiger partial charge in [0, 0.05) is 5.69 Å². The minimum Gasteiger partial charge on any atom is -0.462 e. The van der Waals surface area contributed by atoms with E-state index in [0.29, 0.717) is 22.4 Å². The normalized spacial score (nSPS) is 10.6. The third-order valence-electron chi connectivity index (χ3n) is 2.21. The fourth-order valence-electron chi connectivity index (χ4n) is 1.56. The van der Waals surface area contributed by atoms with Gasteiger partial charge in [0.05, 0.1) is 12.8 Å². The van der Waals surface area contributed by atoms with Crippen LogP contribution in [0.1, 0.15) is 23.0 Å². The van der Waals surface area contributed by atoms with Gasteiger partial charge in [-0.2, -0.15) is 0 Å². The van der Waals surface area contributed by atoms with Crippen molar-refractivity contribution >= 4 is 17.1 Å². The lowest BCUT2D eigenvalue weighted by molar-refractivity contribution is 0.0527. The van der Waals surface area contributed by atoms with Crippen molar-refractivity contribution in [3.63, 3.8) is 0 Å². The van der Waals surface area contributed by atoms with Gasteiger partial charge in [0.1, 0.15) is 11.1 Å². The molecule has 0 saturated carbocycles. The summed E-state index contributed by atoms with van der Waals surface area (Å²) in [5, 5.41) is 0. The van der Waals surface area contributed by atoms with Crippen LogP contribution in [0.5, 0.6) is 0 Å². The Morgan fingerprint density at radius 1 is 1.50 bits per heavy atom. The molecule has 0 aliphatic heterocycles. The van der Waals surface area contributed by atoms with Crippen LogP contribution in [-0.2, 0) is 4.74 Å². The van der Waals surface area contributed by atoms with E-state index >= 15 is 0 Å².